The van der Waals surface area contributed by atoms with Crippen LogP contribution in [0.15, 0.2) is 11.4 Å². The fourth-order valence-corrected chi connectivity index (χ4v) is 2.54. The predicted octanol–water partition coefficient (Wildman–Crippen LogP) is 2.95. The third-order valence-corrected chi connectivity index (χ3v) is 3.34. The maximum atomic E-state index is 6.01. The highest BCUT2D eigenvalue weighted by Crippen LogP contribution is 2.31. The summed E-state index contributed by atoms with van der Waals surface area (Å²) in [6, 6.07) is 2.10. The molecule has 1 heterocycles. The van der Waals surface area contributed by atoms with E-state index in [-0.39, 0.29) is 6.04 Å². The summed E-state index contributed by atoms with van der Waals surface area (Å²) in [6.07, 6.45) is 1.01. The van der Waals surface area contributed by atoms with Gasteiger partial charge in [0, 0.05) is 4.88 Å². The molecule has 1 aromatic heterocycles. The van der Waals surface area contributed by atoms with Crippen LogP contribution >= 0.6 is 22.9 Å². The highest BCUT2D eigenvalue weighted by Gasteiger charge is 2.15. The molecule has 3 N–H and O–H groups in total. The van der Waals surface area contributed by atoms with E-state index in [2.05, 4.69) is 19.3 Å². The molecule has 4 heteroatoms. The zero-order chi connectivity index (χ0) is 9.84. The molecule has 2 nitrogen and oxygen atoms in total. The molecule has 0 amide bonds. The third kappa shape index (κ3) is 2.95. The molecule has 0 radical (unpaired) electrons. The Hall–Kier alpha value is -0.0900. The van der Waals surface area contributed by atoms with Crippen molar-refractivity contribution >= 4 is 22.9 Å². The predicted molar refractivity (Wildman–Crippen MR) is 58.8 cm³/mol. The highest BCUT2D eigenvalue weighted by molar-refractivity contribution is 7.10. The van der Waals surface area contributed by atoms with Gasteiger partial charge in [0.2, 0.25) is 0 Å². The number of nitrogens with two attached hydrogens (primary N) is 1. The van der Waals surface area contributed by atoms with Crippen LogP contribution in [-0.4, -0.2) is 0 Å². The minimum absolute atomic E-state index is 0.187. The van der Waals surface area contributed by atoms with Gasteiger partial charge in [0.05, 0.1) is 11.1 Å². The number of nitrogens with one attached hydrogen (secondary N) is 1. The number of rotatable bonds is 4. The molecule has 1 rings (SSSR count). The topological polar surface area (TPSA) is 38.0 Å². The molecule has 0 fully saturated rings. The molecule has 13 heavy (non-hydrogen) atoms. The summed E-state index contributed by atoms with van der Waals surface area (Å²) in [5.41, 5.74) is 2.80. The summed E-state index contributed by atoms with van der Waals surface area (Å²) in [6.45, 7) is 4.34. The lowest BCUT2D eigenvalue weighted by Crippen LogP contribution is -2.28. The molecule has 1 aromatic rings. The number of hydrogen-bond donors (Lipinski definition) is 2. The van der Waals surface area contributed by atoms with E-state index in [0.29, 0.717) is 5.92 Å². The monoisotopic (exact) mass is 218 g/mol. The molecule has 0 saturated heterocycles. The standard InChI is InChI=1S/C9H15ClN2S/c1-6(2)5-8(12-11)9-7(10)3-4-13-9/h3-4,6,8,12H,5,11H2,1-2H3. The molecule has 0 aliphatic carbocycles. The maximum absolute atomic E-state index is 6.01. The molecule has 0 spiro atoms. The van der Waals surface area contributed by atoms with E-state index in [1.54, 1.807) is 11.3 Å². The van der Waals surface area contributed by atoms with E-state index in [1.807, 2.05) is 11.4 Å². The van der Waals surface area contributed by atoms with Crippen molar-refractivity contribution in [3.8, 4) is 0 Å². The van der Waals surface area contributed by atoms with E-state index >= 15 is 0 Å². The van der Waals surface area contributed by atoms with Gasteiger partial charge in [-0.15, -0.1) is 11.3 Å². The average Bonchev–Trinajstić information content (AvgIpc) is 2.47. The van der Waals surface area contributed by atoms with Crippen LogP contribution in [0.2, 0.25) is 5.02 Å². The molecule has 74 valence electrons. The van der Waals surface area contributed by atoms with Crippen LogP contribution in [-0.2, 0) is 0 Å². The second-order valence-corrected chi connectivity index (χ2v) is 4.84. The molecule has 0 aromatic carbocycles. The quantitative estimate of drug-likeness (QED) is 0.603. The van der Waals surface area contributed by atoms with Gasteiger partial charge in [0.25, 0.3) is 0 Å². The van der Waals surface area contributed by atoms with Crippen molar-refractivity contribution in [3.63, 3.8) is 0 Å². The minimum atomic E-state index is 0.187. The Kier molecular flexibility index (Phi) is 4.19. The first-order valence-corrected chi connectivity index (χ1v) is 5.60. The number of hydrogen-bond acceptors (Lipinski definition) is 3. The van der Waals surface area contributed by atoms with Crippen molar-refractivity contribution in [2.75, 3.05) is 0 Å². The van der Waals surface area contributed by atoms with Gasteiger partial charge in [0.1, 0.15) is 0 Å². The van der Waals surface area contributed by atoms with E-state index in [4.69, 9.17) is 17.4 Å². The summed E-state index contributed by atoms with van der Waals surface area (Å²) >= 11 is 7.66. The van der Waals surface area contributed by atoms with E-state index < -0.39 is 0 Å². The van der Waals surface area contributed by atoms with Gasteiger partial charge in [-0.25, -0.2) is 0 Å². The molecule has 1 unspecified atom stereocenters. The van der Waals surface area contributed by atoms with Gasteiger partial charge >= 0.3 is 0 Å². The first-order chi connectivity index (χ1) is 6.15. The third-order valence-electron chi connectivity index (χ3n) is 1.87. The van der Waals surface area contributed by atoms with Gasteiger partial charge < -0.3 is 0 Å². The summed E-state index contributed by atoms with van der Waals surface area (Å²) in [5.74, 6) is 6.09. The molecule has 0 saturated carbocycles. The van der Waals surface area contributed by atoms with Crippen LogP contribution in [0, 0.1) is 5.92 Å². The summed E-state index contributed by atoms with van der Waals surface area (Å²) in [4.78, 5) is 1.14. The van der Waals surface area contributed by atoms with Crippen LogP contribution in [0.1, 0.15) is 31.2 Å². The average molecular weight is 219 g/mol. The van der Waals surface area contributed by atoms with Crippen molar-refractivity contribution in [2.45, 2.75) is 26.3 Å². The maximum Gasteiger partial charge on any atom is 0.0570 e. The first kappa shape index (κ1) is 11.0. The van der Waals surface area contributed by atoms with Crippen LogP contribution in [0.25, 0.3) is 0 Å². The van der Waals surface area contributed by atoms with Crippen LogP contribution < -0.4 is 11.3 Å². The van der Waals surface area contributed by atoms with Crippen molar-refractivity contribution < 1.29 is 0 Å². The van der Waals surface area contributed by atoms with Crippen molar-refractivity contribution in [1.29, 1.82) is 0 Å². The van der Waals surface area contributed by atoms with Gasteiger partial charge in [-0.3, -0.25) is 11.3 Å². The van der Waals surface area contributed by atoms with E-state index in [1.165, 1.54) is 0 Å². The van der Waals surface area contributed by atoms with Crippen LogP contribution in [0.3, 0.4) is 0 Å². The zero-order valence-electron chi connectivity index (χ0n) is 7.88. The van der Waals surface area contributed by atoms with Gasteiger partial charge in [-0.05, 0) is 23.8 Å². The number of hydrazine groups is 1. The smallest absolute Gasteiger partial charge is 0.0570 e. The Bertz CT molecular complexity index is 260. The highest BCUT2D eigenvalue weighted by atomic mass is 35.5. The summed E-state index contributed by atoms with van der Waals surface area (Å²) in [5, 5.41) is 2.80. The second-order valence-electron chi connectivity index (χ2n) is 3.48. The fourth-order valence-electron chi connectivity index (χ4n) is 1.28. The van der Waals surface area contributed by atoms with Gasteiger partial charge in [-0.1, -0.05) is 25.4 Å². The normalized spacial score (nSPS) is 13.6. The molecule has 0 bridgehead atoms. The Morgan fingerprint density at radius 2 is 2.31 bits per heavy atom. The summed E-state index contributed by atoms with van der Waals surface area (Å²) in [7, 11) is 0. The Labute approximate surface area is 88.1 Å². The lowest BCUT2D eigenvalue weighted by Gasteiger charge is -2.16. The second kappa shape index (κ2) is 4.96. The van der Waals surface area contributed by atoms with Crippen LogP contribution in [0.5, 0.6) is 0 Å². The number of thiophene rings is 1. The molecule has 0 aliphatic rings. The van der Waals surface area contributed by atoms with E-state index in [9.17, 15) is 0 Å². The molecule has 1 atom stereocenters. The Balaban J connectivity index is 2.72. The summed E-state index contributed by atoms with van der Waals surface area (Å²) < 4.78 is 0. The van der Waals surface area contributed by atoms with Gasteiger partial charge in [-0.2, -0.15) is 0 Å². The first-order valence-electron chi connectivity index (χ1n) is 4.34. The molecular formula is C9H15ClN2S. The van der Waals surface area contributed by atoms with E-state index in [0.717, 1.165) is 16.3 Å². The van der Waals surface area contributed by atoms with Crippen LogP contribution in [0.4, 0.5) is 0 Å². The lowest BCUT2D eigenvalue weighted by atomic mass is 10.0. The van der Waals surface area contributed by atoms with Crippen molar-refractivity contribution in [1.82, 2.24) is 5.43 Å². The van der Waals surface area contributed by atoms with Crippen molar-refractivity contribution in [2.24, 2.45) is 11.8 Å². The number of halogens is 1. The SMILES string of the molecule is CC(C)CC(NN)c1sccc1Cl. The fraction of sp³-hybridized carbons (Fsp3) is 0.556. The minimum Gasteiger partial charge on any atom is -0.271 e. The zero-order valence-corrected chi connectivity index (χ0v) is 9.45. The largest absolute Gasteiger partial charge is 0.271 e. The Morgan fingerprint density at radius 1 is 1.62 bits per heavy atom. The Morgan fingerprint density at radius 3 is 2.69 bits per heavy atom. The molecule has 0 aliphatic heterocycles. The lowest BCUT2D eigenvalue weighted by molar-refractivity contribution is 0.443. The molecular weight excluding hydrogens is 204 g/mol. The van der Waals surface area contributed by atoms with Gasteiger partial charge in [0.15, 0.2) is 0 Å². The van der Waals surface area contributed by atoms with Crippen molar-refractivity contribution in [3.05, 3.63) is 21.3 Å².